The molecule has 24 heavy (non-hydrogen) atoms. The van der Waals surface area contributed by atoms with Crippen molar-refractivity contribution in [3.63, 3.8) is 0 Å². The summed E-state index contributed by atoms with van der Waals surface area (Å²) in [5.74, 6) is 1.21. The van der Waals surface area contributed by atoms with Gasteiger partial charge in [-0.15, -0.1) is 0 Å². The Balaban J connectivity index is 1.98. The number of hydrogen-bond donors (Lipinski definition) is 0. The summed E-state index contributed by atoms with van der Waals surface area (Å²) < 4.78 is 5.97. The predicted octanol–water partition coefficient (Wildman–Crippen LogP) is 5.17. The molecular weight excluding hydrogens is 300 g/mol. The maximum absolute atomic E-state index is 12.8. The zero-order valence-electron chi connectivity index (χ0n) is 16.1. The third-order valence-electron chi connectivity index (χ3n) is 6.24. The van der Waals surface area contributed by atoms with Gasteiger partial charge < -0.3 is 4.74 Å². The largest absolute Gasteiger partial charge is 0.462 e. The Hall–Kier alpha value is -0.860. The predicted molar refractivity (Wildman–Crippen MR) is 96.6 cm³/mol. The van der Waals surface area contributed by atoms with Gasteiger partial charge in [0.25, 0.3) is 0 Å². The highest BCUT2D eigenvalue weighted by molar-refractivity contribution is 6.00. The standard InChI is InChI=1S/C21H36O3/c1-5-6-7-8-16-10-12-18(22)20(16)21(23)24-19-13-15(4)9-11-17(19)14(2)3/h14-17,19-20H,5-13H2,1-4H3/t15-,16+,17+,19-,20?/m1/s1. The molecule has 0 aromatic rings. The summed E-state index contributed by atoms with van der Waals surface area (Å²) in [6.45, 7) is 8.86. The maximum Gasteiger partial charge on any atom is 0.317 e. The molecule has 0 amide bonds. The molecule has 0 aromatic carbocycles. The molecule has 2 fully saturated rings. The van der Waals surface area contributed by atoms with Crippen molar-refractivity contribution in [2.75, 3.05) is 0 Å². The molecule has 2 saturated carbocycles. The number of carbonyl (C=O) groups is 2. The van der Waals surface area contributed by atoms with Gasteiger partial charge in [0.2, 0.25) is 0 Å². The fourth-order valence-electron chi connectivity index (χ4n) is 4.68. The van der Waals surface area contributed by atoms with Crippen LogP contribution in [0.4, 0.5) is 0 Å². The van der Waals surface area contributed by atoms with Crippen molar-refractivity contribution in [3.05, 3.63) is 0 Å². The Labute approximate surface area is 147 Å². The van der Waals surface area contributed by atoms with E-state index in [0.29, 0.717) is 24.2 Å². The van der Waals surface area contributed by atoms with Gasteiger partial charge in [0, 0.05) is 6.42 Å². The lowest BCUT2D eigenvalue weighted by Crippen LogP contribution is -2.39. The molecule has 0 bridgehead atoms. The number of Topliss-reactive ketones (excluding diaryl/α,β-unsaturated/α-hetero) is 1. The van der Waals surface area contributed by atoms with E-state index in [0.717, 1.165) is 32.1 Å². The molecule has 3 heteroatoms. The number of ketones is 1. The Kier molecular flexibility index (Phi) is 7.31. The van der Waals surface area contributed by atoms with Gasteiger partial charge >= 0.3 is 5.97 Å². The van der Waals surface area contributed by atoms with Crippen LogP contribution in [0, 0.1) is 29.6 Å². The van der Waals surface area contributed by atoms with E-state index in [1.54, 1.807) is 0 Å². The summed E-state index contributed by atoms with van der Waals surface area (Å²) in [4.78, 5) is 25.1. The van der Waals surface area contributed by atoms with E-state index in [1.165, 1.54) is 19.3 Å². The lowest BCUT2D eigenvalue weighted by Gasteiger charge is -2.37. The minimum absolute atomic E-state index is 0.00550. The van der Waals surface area contributed by atoms with Gasteiger partial charge in [0.15, 0.2) is 0 Å². The van der Waals surface area contributed by atoms with E-state index < -0.39 is 5.92 Å². The van der Waals surface area contributed by atoms with Gasteiger partial charge in [0.05, 0.1) is 0 Å². The van der Waals surface area contributed by atoms with Gasteiger partial charge in [-0.05, 0) is 49.4 Å². The van der Waals surface area contributed by atoms with Crippen molar-refractivity contribution in [2.24, 2.45) is 29.6 Å². The molecule has 0 radical (unpaired) electrons. The molecule has 0 aromatic heterocycles. The normalized spacial score (nSPS) is 33.9. The minimum Gasteiger partial charge on any atom is -0.462 e. The third kappa shape index (κ3) is 4.83. The van der Waals surface area contributed by atoms with E-state index >= 15 is 0 Å². The van der Waals surface area contributed by atoms with Crippen molar-refractivity contribution >= 4 is 11.8 Å². The molecule has 0 saturated heterocycles. The molecule has 0 spiro atoms. The fourth-order valence-corrected chi connectivity index (χ4v) is 4.68. The van der Waals surface area contributed by atoms with Crippen LogP contribution in [0.5, 0.6) is 0 Å². The first-order valence-electron chi connectivity index (χ1n) is 10.2. The molecule has 138 valence electrons. The molecular formula is C21H36O3. The van der Waals surface area contributed by atoms with Crippen molar-refractivity contribution in [1.29, 1.82) is 0 Å². The average Bonchev–Trinajstić information content (AvgIpc) is 2.88. The van der Waals surface area contributed by atoms with Crippen LogP contribution < -0.4 is 0 Å². The quantitative estimate of drug-likeness (QED) is 0.366. The van der Waals surface area contributed by atoms with E-state index in [-0.39, 0.29) is 23.8 Å². The summed E-state index contributed by atoms with van der Waals surface area (Å²) in [6, 6.07) is 0. The first-order valence-corrected chi connectivity index (χ1v) is 10.2. The summed E-state index contributed by atoms with van der Waals surface area (Å²) in [6.07, 6.45) is 9.22. The second kappa shape index (κ2) is 9.01. The number of rotatable bonds is 7. The van der Waals surface area contributed by atoms with Crippen LogP contribution in [0.25, 0.3) is 0 Å². The number of carbonyl (C=O) groups excluding carboxylic acids is 2. The first kappa shape index (κ1) is 19.5. The van der Waals surface area contributed by atoms with Crippen LogP contribution >= 0.6 is 0 Å². The molecule has 0 N–H and O–H groups in total. The Morgan fingerprint density at radius 2 is 1.96 bits per heavy atom. The number of esters is 1. The zero-order chi connectivity index (χ0) is 17.7. The van der Waals surface area contributed by atoms with Crippen molar-refractivity contribution in [3.8, 4) is 0 Å². The highest BCUT2D eigenvalue weighted by atomic mass is 16.5. The van der Waals surface area contributed by atoms with Gasteiger partial charge in [-0.25, -0.2) is 0 Å². The highest BCUT2D eigenvalue weighted by Crippen LogP contribution is 2.38. The number of hydrogen-bond acceptors (Lipinski definition) is 3. The van der Waals surface area contributed by atoms with E-state index in [4.69, 9.17) is 4.74 Å². The SMILES string of the molecule is CCCCC[C@H]1CCC(=O)C1C(=O)O[C@@H]1C[C@H](C)CC[C@H]1C(C)C. The van der Waals surface area contributed by atoms with E-state index in [1.807, 2.05) is 0 Å². The molecule has 0 heterocycles. The first-order chi connectivity index (χ1) is 11.4. The van der Waals surface area contributed by atoms with Crippen LogP contribution in [-0.2, 0) is 14.3 Å². The summed E-state index contributed by atoms with van der Waals surface area (Å²) >= 11 is 0. The molecule has 2 aliphatic rings. The summed E-state index contributed by atoms with van der Waals surface area (Å²) in [5, 5.41) is 0. The van der Waals surface area contributed by atoms with Crippen molar-refractivity contribution in [1.82, 2.24) is 0 Å². The van der Waals surface area contributed by atoms with Gasteiger partial charge in [-0.3, -0.25) is 9.59 Å². The molecule has 0 aliphatic heterocycles. The van der Waals surface area contributed by atoms with Crippen LogP contribution in [0.15, 0.2) is 0 Å². The molecule has 2 aliphatic carbocycles. The molecule has 2 rings (SSSR count). The summed E-state index contributed by atoms with van der Waals surface area (Å²) in [5.41, 5.74) is 0. The van der Waals surface area contributed by atoms with Crippen molar-refractivity contribution in [2.45, 2.75) is 91.6 Å². The molecule has 1 unspecified atom stereocenters. The van der Waals surface area contributed by atoms with Gasteiger partial charge in [-0.2, -0.15) is 0 Å². The highest BCUT2D eigenvalue weighted by Gasteiger charge is 2.43. The smallest absolute Gasteiger partial charge is 0.317 e. The van der Waals surface area contributed by atoms with Crippen LogP contribution in [0.3, 0.4) is 0 Å². The minimum atomic E-state index is -0.480. The fraction of sp³-hybridized carbons (Fsp3) is 0.905. The average molecular weight is 337 g/mol. The second-order valence-electron chi connectivity index (χ2n) is 8.54. The van der Waals surface area contributed by atoms with Crippen LogP contribution in [-0.4, -0.2) is 17.9 Å². The topological polar surface area (TPSA) is 43.4 Å². The molecule has 5 atom stereocenters. The lowest BCUT2D eigenvalue weighted by atomic mass is 9.75. The van der Waals surface area contributed by atoms with Crippen LogP contribution in [0.2, 0.25) is 0 Å². The maximum atomic E-state index is 12.8. The van der Waals surface area contributed by atoms with Gasteiger partial charge in [0.1, 0.15) is 17.8 Å². The molecule has 3 nitrogen and oxygen atoms in total. The van der Waals surface area contributed by atoms with E-state index in [9.17, 15) is 9.59 Å². The monoisotopic (exact) mass is 336 g/mol. The van der Waals surface area contributed by atoms with Gasteiger partial charge in [-0.1, -0.05) is 53.4 Å². The summed E-state index contributed by atoms with van der Waals surface area (Å²) in [7, 11) is 0. The Morgan fingerprint density at radius 1 is 1.21 bits per heavy atom. The zero-order valence-corrected chi connectivity index (χ0v) is 16.1. The van der Waals surface area contributed by atoms with Crippen LogP contribution in [0.1, 0.15) is 85.5 Å². The lowest BCUT2D eigenvalue weighted by molar-refractivity contribution is -0.163. The second-order valence-corrected chi connectivity index (χ2v) is 8.54. The Morgan fingerprint density at radius 3 is 2.62 bits per heavy atom. The Bertz CT molecular complexity index is 429. The van der Waals surface area contributed by atoms with E-state index in [2.05, 4.69) is 27.7 Å². The third-order valence-corrected chi connectivity index (χ3v) is 6.24. The van der Waals surface area contributed by atoms with Crippen molar-refractivity contribution < 1.29 is 14.3 Å². The number of unbranched alkanes of at least 4 members (excludes halogenated alkanes) is 2. The number of ether oxygens (including phenoxy) is 1.